The Morgan fingerprint density at radius 2 is 2.04 bits per heavy atom. The Morgan fingerprint density at radius 3 is 2.77 bits per heavy atom. The van der Waals surface area contributed by atoms with Crippen molar-refractivity contribution in [3.8, 4) is 10.6 Å². The first kappa shape index (κ1) is 18.4. The van der Waals surface area contributed by atoms with Crippen molar-refractivity contribution in [3.63, 3.8) is 0 Å². The van der Waals surface area contributed by atoms with Crippen LogP contribution in [0, 0.1) is 0 Å². The van der Waals surface area contributed by atoms with Crippen LogP contribution in [0.25, 0.3) is 10.6 Å². The first-order chi connectivity index (χ1) is 12.8. The maximum Gasteiger partial charge on any atom is 0.251 e. The summed E-state index contributed by atoms with van der Waals surface area (Å²) in [6.45, 7) is 4.33. The zero-order valence-electron chi connectivity index (χ0n) is 14.9. The molecule has 0 atom stereocenters. The van der Waals surface area contributed by atoms with Crippen LogP contribution in [-0.2, 0) is 13.1 Å². The Labute approximate surface area is 157 Å². The summed E-state index contributed by atoms with van der Waals surface area (Å²) in [5, 5.41) is 15.7. The van der Waals surface area contributed by atoms with E-state index in [-0.39, 0.29) is 5.91 Å². The predicted octanol–water partition coefficient (Wildman–Crippen LogP) is 3.96. The normalized spacial score (nSPS) is 10.8. The molecule has 0 unspecified atom stereocenters. The number of aromatic amines is 1. The summed E-state index contributed by atoms with van der Waals surface area (Å²) in [6, 6.07) is 11.9. The van der Waals surface area contributed by atoms with Gasteiger partial charge in [-0.2, -0.15) is 5.10 Å². The van der Waals surface area contributed by atoms with E-state index in [1.54, 1.807) is 11.3 Å². The van der Waals surface area contributed by atoms with E-state index in [1.807, 2.05) is 36.5 Å². The summed E-state index contributed by atoms with van der Waals surface area (Å²) >= 11 is 1.70. The lowest BCUT2D eigenvalue weighted by atomic mass is 10.1. The monoisotopic (exact) mass is 368 g/mol. The van der Waals surface area contributed by atoms with E-state index < -0.39 is 0 Å². The molecule has 0 saturated carbocycles. The molecule has 0 saturated heterocycles. The van der Waals surface area contributed by atoms with Gasteiger partial charge < -0.3 is 10.6 Å². The van der Waals surface area contributed by atoms with E-state index in [2.05, 4.69) is 39.2 Å². The van der Waals surface area contributed by atoms with Gasteiger partial charge in [0.15, 0.2) is 0 Å². The molecular weight excluding hydrogens is 344 g/mol. The molecule has 0 fully saturated rings. The molecule has 0 radical (unpaired) electrons. The van der Waals surface area contributed by atoms with Gasteiger partial charge >= 0.3 is 0 Å². The maximum atomic E-state index is 12.0. The van der Waals surface area contributed by atoms with E-state index in [4.69, 9.17) is 0 Å². The maximum absolute atomic E-state index is 12.0. The summed E-state index contributed by atoms with van der Waals surface area (Å²) in [5.41, 5.74) is 4.09. The van der Waals surface area contributed by atoms with Crippen molar-refractivity contribution in [1.29, 1.82) is 0 Å². The van der Waals surface area contributed by atoms with Crippen molar-refractivity contribution < 1.29 is 4.79 Å². The van der Waals surface area contributed by atoms with Crippen LogP contribution in [0.4, 0.5) is 0 Å². The van der Waals surface area contributed by atoms with Crippen LogP contribution in [0.5, 0.6) is 0 Å². The molecule has 26 heavy (non-hydrogen) atoms. The molecule has 0 bridgehead atoms. The third-order valence-electron chi connectivity index (χ3n) is 4.16. The number of rotatable bonds is 9. The van der Waals surface area contributed by atoms with Crippen LogP contribution < -0.4 is 10.6 Å². The van der Waals surface area contributed by atoms with Gasteiger partial charge in [0, 0.05) is 30.8 Å². The average molecular weight is 369 g/mol. The second-order valence-electron chi connectivity index (χ2n) is 6.16. The number of thiophene rings is 1. The number of carbonyl (C=O) groups excluding carboxylic acids is 1. The lowest BCUT2D eigenvalue weighted by Gasteiger charge is -2.07. The zero-order chi connectivity index (χ0) is 18.2. The minimum Gasteiger partial charge on any atom is -0.352 e. The van der Waals surface area contributed by atoms with Gasteiger partial charge in [0.1, 0.15) is 0 Å². The molecule has 1 amide bonds. The number of nitrogens with zero attached hydrogens (tertiary/aromatic N) is 1. The van der Waals surface area contributed by atoms with Crippen LogP contribution in [-0.4, -0.2) is 22.6 Å². The van der Waals surface area contributed by atoms with Crippen molar-refractivity contribution in [2.75, 3.05) is 6.54 Å². The van der Waals surface area contributed by atoms with Crippen molar-refractivity contribution in [3.05, 3.63) is 64.7 Å². The zero-order valence-corrected chi connectivity index (χ0v) is 15.7. The largest absolute Gasteiger partial charge is 0.352 e. The Morgan fingerprint density at radius 1 is 1.19 bits per heavy atom. The van der Waals surface area contributed by atoms with E-state index in [9.17, 15) is 4.79 Å². The fraction of sp³-hybridized carbons (Fsp3) is 0.300. The number of nitrogens with one attached hydrogen (secondary N) is 3. The van der Waals surface area contributed by atoms with Gasteiger partial charge in [-0.15, -0.1) is 11.3 Å². The van der Waals surface area contributed by atoms with Gasteiger partial charge in [0.2, 0.25) is 0 Å². The average Bonchev–Trinajstić information content (AvgIpc) is 3.34. The van der Waals surface area contributed by atoms with Crippen molar-refractivity contribution >= 4 is 17.2 Å². The Balaban J connectivity index is 1.50. The lowest BCUT2D eigenvalue weighted by molar-refractivity contribution is 0.0953. The molecule has 2 heterocycles. The van der Waals surface area contributed by atoms with Crippen LogP contribution in [0.2, 0.25) is 0 Å². The second-order valence-corrected chi connectivity index (χ2v) is 7.11. The summed E-state index contributed by atoms with van der Waals surface area (Å²) in [4.78, 5) is 13.2. The predicted molar refractivity (Wildman–Crippen MR) is 106 cm³/mol. The third kappa shape index (κ3) is 4.80. The van der Waals surface area contributed by atoms with Gasteiger partial charge in [-0.25, -0.2) is 0 Å². The fourth-order valence-corrected chi connectivity index (χ4v) is 3.43. The minimum atomic E-state index is -0.00283. The number of amides is 1. The van der Waals surface area contributed by atoms with Gasteiger partial charge in [-0.1, -0.05) is 31.5 Å². The molecule has 5 nitrogen and oxygen atoms in total. The van der Waals surface area contributed by atoms with Crippen molar-refractivity contribution in [1.82, 2.24) is 20.8 Å². The summed E-state index contributed by atoms with van der Waals surface area (Å²) in [6.07, 6.45) is 3.96. The van der Waals surface area contributed by atoms with Crippen molar-refractivity contribution in [2.45, 2.75) is 32.9 Å². The third-order valence-corrected chi connectivity index (χ3v) is 5.05. The van der Waals surface area contributed by atoms with E-state index in [1.165, 1.54) is 4.88 Å². The molecule has 0 aliphatic rings. The molecule has 3 rings (SSSR count). The molecule has 2 aromatic heterocycles. The smallest absolute Gasteiger partial charge is 0.251 e. The van der Waals surface area contributed by atoms with Crippen LogP contribution in [0.3, 0.4) is 0 Å². The number of unbranched alkanes of at least 4 members (excludes halogenated alkanes) is 1. The highest BCUT2D eigenvalue weighted by molar-refractivity contribution is 7.13. The SMILES string of the molecule is CCCCNC(=O)c1ccc(CNCc2cn[nH]c2-c2cccs2)cc1. The van der Waals surface area contributed by atoms with Crippen LogP contribution in [0.15, 0.2) is 48.0 Å². The lowest BCUT2D eigenvalue weighted by Crippen LogP contribution is -2.24. The summed E-state index contributed by atoms with van der Waals surface area (Å²) in [7, 11) is 0. The van der Waals surface area contributed by atoms with Crippen molar-refractivity contribution in [2.24, 2.45) is 0 Å². The van der Waals surface area contributed by atoms with E-state index in [0.717, 1.165) is 49.3 Å². The highest BCUT2D eigenvalue weighted by Crippen LogP contribution is 2.25. The number of hydrogen-bond acceptors (Lipinski definition) is 4. The molecule has 0 aliphatic heterocycles. The molecule has 6 heteroatoms. The number of carbonyl (C=O) groups is 1. The number of aromatic nitrogens is 2. The minimum absolute atomic E-state index is 0.00283. The van der Waals surface area contributed by atoms with Gasteiger partial charge in [-0.3, -0.25) is 9.89 Å². The summed E-state index contributed by atoms with van der Waals surface area (Å²) < 4.78 is 0. The first-order valence-corrected chi connectivity index (χ1v) is 9.80. The van der Waals surface area contributed by atoms with Crippen LogP contribution in [0.1, 0.15) is 41.3 Å². The number of benzene rings is 1. The number of H-pyrrole nitrogens is 1. The highest BCUT2D eigenvalue weighted by Gasteiger charge is 2.08. The number of hydrogen-bond donors (Lipinski definition) is 3. The molecule has 3 aromatic rings. The standard InChI is InChI=1S/C20H24N4OS/c1-2-3-10-22-20(25)16-8-6-15(7-9-16)12-21-13-17-14-23-24-19(17)18-5-4-11-26-18/h4-9,11,14,21H,2-3,10,12-13H2,1H3,(H,22,25)(H,23,24). The molecular formula is C20H24N4OS. The highest BCUT2D eigenvalue weighted by atomic mass is 32.1. The first-order valence-electron chi connectivity index (χ1n) is 8.92. The van der Waals surface area contributed by atoms with Gasteiger partial charge in [0.25, 0.3) is 5.91 Å². The Kier molecular flexibility index (Phi) is 6.57. The fourth-order valence-electron chi connectivity index (χ4n) is 2.68. The summed E-state index contributed by atoms with van der Waals surface area (Å²) in [5.74, 6) is -0.00283. The molecule has 1 aromatic carbocycles. The quantitative estimate of drug-likeness (QED) is 0.501. The molecule has 0 spiro atoms. The molecule has 136 valence electrons. The van der Waals surface area contributed by atoms with Crippen LogP contribution >= 0.6 is 11.3 Å². The Bertz CT molecular complexity index is 809. The second kappa shape index (κ2) is 9.31. The van der Waals surface area contributed by atoms with E-state index >= 15 is 0 Å². The molecule has 3 N–H and O–H groups in total. The van der Waals surface area contributed by atoms with E-state index in [0.29, 0.717) is 5.56 Å². The Hall–Kier alpha value is -2.44. The van der Waals surface area contributed by atoms with Gasteiger partial charge in [0.05, 0.1) is 16.8 Å². The topological polar surface area (TPSA) is 69.8 Å². The molecule has 0 aliphatic carbocycles. The van der Waals surface area contributed by atoms with Gasteiger partial charge in [-0.05, 0) is 35.6 Å².